The van der Waals surface area contributed by atoms with Crippen molar-refractivity contribution < 1.29 is 14.2 Å². The number of hydrogen-bond acceptors (Lipinski definition) is 4. The van der Waals surface area contributed by atoms with Gasteiger partial charge in [-0.25, -0.2) is 4.99 Å². The molecule has 1 fully saturated rings. The maximum absolute atomic E-state index is 5.82. The number of rotatable bonds is 7. The Labute approximate surface area is 158 Å². The summed E-state index contributed by atoms with van der Waals surface area (Å²) in [5, 5.41) is 6.66. The third-order valence-corrected chi connectivity index (χ3v) is 4.78. The van der Waals surface area contributed by atoms with Gasteiger partial charge in [0, 0.05) is 19.7 Å². The van der Waals surface area contributed by atoms with Crippen molar-refractivity contribution in [2.45, 2.75) is 38.8 Å². The molecule has 1 saturated heterocycles. The van der Waals surface area contributed by atoms with Crippen LogP contribution in [0, 0.1) is 0 Å². The number of benzene rings is 1. The first-order valence-corrected chi connectivity index (χ1v) is 9.37. The van der Waals surface area contributed by atoms with E-state index in [9.17, 15) is 0 Å². The molecular weight excluding hydrogens is 386 g/mol. The molecule has 1 aromatic carbocycles. The van der Waals surface area contributed by atoms with Crippen molar-refractivity contribution in [3.8, 4) is 11.5 Å². The summed E-state index contributed by atoms with van der Waals surface area (Å²) < 4.78 is 17.4. The van der Waals surface area contributed by atoms with Crippen molar-refractivity contribution in [3.05, 3.63) is 22.2 Å². The molecule has 6 nitrogen and oxygen atoms in total. The third kappa shape index (κ3) is 5.51. The van der Waals surface area contributed by atoms with Crippen LogP contribution in [0.1, 0.15) is 32.3 Å². The first-order chi connectivity index (χ1) is 12.0. The fourth-order valence-electron chi connectivity index (χ4n) is 2.82. The maximum Gasteiger partial charge on any atom is 0.191 e. The molecular formula is C18H28BrN3O3. The van der Waals surface area contributed by atoms with E-state index in [-0.39, 0.29) is 5.60 Å². The highest BCUT2D eigenvalue weighted by atomic mass is 79.9. The number of nitrogens with zero attached hydrogens (tertiary/aromatic N) is 1. The molecule has 7 heteroatoms. The predicted octanol–water partition coefficient (Wildman–Crippen LogP) is 3.09. The highest BCUT2D eigenvalue weighted by molar-refractivity contribution is 9.10. The van der Waals surface area contributed by atoms with Crippen molar-refractivity contribution >= 4 is 21.9 Å². The van der Waals surface area contributed by atoms with Crippen LogP contribution in [-0.4, -0.2) is 45.5 Å². The van der Waals surface area contributed by atoms with E-state index in [0.29, 0.717) is 18.0 Å². The zero-order valence-electron chi connectivity index (χ0n) is 15.4. The zero-order valence-corrected chi connectivity index (χ0v) is 17.0. The summed E-state index contributed by atoms with van der Waals surface area (Å²) in [6.45, 7) is 7.12. The van der Waals surface area contributed by atoms with Gasteiger partial charge in [0.15, 0.2) is 17.5 Å². The van der Waals surface area contributed by atoms with Gasteiger partial charge in [-0.05, 0) is 60.3 Å². The molecule has 2 N–H and O–H groups in total. The van der Waals surface area contributed by atoms with Crippen LogP contribution in [0.25, 0.3) is 0 Å². The van der Waals surface area contributed by atoms with Crippen LogP contribution < -0.4 is 20.1 Å². The van der Waals surface area contributed by atoms with Crippen molar-refractivity contribution in [2.75, 3.05) is 33.9 Å². The average molecular weight is 414 g/mol. The van der Waals surface area contributed by atoms with Crippen LogP contribution in [0.4, 0.5) is 0 Å². The van der Waals surface area contributed by atoms with Gasteiger partial charge in [-0.15, -0.1) is 0 Å². The van der Waals surface area contributed by atoms with Crippen LogP contribution in [0.3, 0.4) is 0 Å². The second-order valence-electron chi connectivity index (χ2n) is 6.26. The summed E-state index contributed by atoms with van der Waals surface area (Å²) in [6.07, 6.45) is 2.19. The molecule has 0 saturated carbocycles. The minimum atomic E-state index is -0.109. The van der Waals surface area contributed by atoms with E-state index in [1.165, 1.54) is 0 Å². The lowest BCUT2D eigenvalue weighted by molar-refractivity contribution is 0.0243. The van der Waals surface area contributed by atoms with Gasteiger partial charge in [0.1, 0.15) is 0 Å². The highest BCUT2D eigenvalue weighted by Gasteiger charge is 2.29. The van der Waals surface area contributed by atoms with Crippen LogP contribution in [0.5, 0.6) is 11.5 Å². The molecule has 0 bridgehead atoms. The van der Waals surface area contributed by atoms with Crippen molar-refractivity contribution in [3.63, 3.8) is 0 Å². The summed E-state index contributed by atoms with van der Waals surface area (Å²) in [6, 6.07) is 3.94. The Morgan fingerprint density at radius 3 is 2.72 bits per heavy atom. The Kier molecular flexibility index (Phi) is 7.38. The van der Waals surface area contributed by atoms with Crippen molar-refractivity contribution in [2.24, 2.45) is 4.99 Å². The number of ether oxygens (including phenoxy) is 3. The summed E-state index contributed by atoms with van der Waals surface area (Å²) in [7, 11) is 3.25. The standard InChI is InChI=1S/C18H28BrN3O3/c1-5-20-17(22-12-18(2)7-6-8-25-18)21-11-13-9-14(19)16(24-4)15(10-13)23-3/h9-10H,5-8,11-12H2,1-4H3,(H2,20,21,22). The quantitative estimate of drug-likeness (QED) is 0.531. The van der Waals surface area contributed by atoms with E-state index in [1.807, 2.05) is 12.1 Å². The van der Waals surface area contributed by atoms with E-state index in [1.54, 1.807) is 14.2 Å². The lowest BCUT2D eigenvalue weighted by Gasteiger charge is -2.24. The Morgan fingerprint density at radius 1 is 1.32 bits per heavy atom. The molecule has 0 aromatic heterocycles. The Hall–Kier alpha value is -1.47. The van der Waals surface area contributed by atoms with Gasteiger partial charge in [0.05, 0.1) is 30.8 Å². The molecule has 0 spiro atoms. The summed E-state index contributed by atoms with van der Waals surface area (Å²) in [4.78, 5) is 4.67. The lowest BCUT2D eigenvalue weighted by atomic mass is 10.0. The fourth-order valence-corrected chi connectivity index (χ4v) is 3.47. The van der Waals surface area contributed by atoms with E-state index in [4.69, 9.17) is 14.2 Å². The van der Waals surface area contributed by atoms with Crippen LogP contribution >= 0.6 is 15.9 Å². The molecule has 0 aliphatic carbocycles. The Morgan fingerprint density at radius 2 is 2.12 bits per heavy atom. The van der Waals surface area contributed by atoms with Crippen molar-refractivity contribution in [1.82, 2.24) is 10.6 Å². The van der Waals surface area contributed by atoms with Gasteiger partial charge >= 0.3 is 0 Å². The first kappa shape index (κ1) is 19.8. The number of guanidine groups is 1. The topological polar surface area (TPSA) is 64.1 Å². The number of hydrogen-bond donors (Lipinski definition) is 2. The van der Waals surface area contributed by atoms with Gasteiger partial charge < -0.3 is 24.8 Å². The predicted molar refractivity (Wildman–Crippen MR) is 104 cm³/mol. The smallest absolute Gasteiger partial charge is 0.191 e. The molecule has 140 valence electrons. The lowest BCUT2D eigenvalue weighted by Crippen LogP contribution is -2.45. The zero-order chi connectivity index (χ0) is 18.3. The fraction of sp³-hybridized carbons (Fsp3) is 0.611. The van der Waals surface area contributed by atoms with Gasteiger partial charge in [-0.2, -0.15) is 0 Å². The Balaban J connectivity index is 2.06. The number of methoxy groups -OCH3 is 2. The van der Waals surface area contributed by atoms with E-state index < -0.39 is 0 Å². The monoisotopic (exact) mass is 413 g/mol. The second-order valence-corrected chi connectivity index (χ2v) is 7.12. The SMILES string of the molecule is CCNC(=NCc1cc(Br)c(OC)c(OC)c1)NCC1(C)CCCO1. The second kappa shape index (κ2) is 9.29. The van der Waals surface area contributed by atoms with Crippen molar-refractivity contribution in [1.29, 1.82) is 0 Å². The van der Waals surface area contributed by atoms with Crippen LogP contribution in [-0.2, 0) is 11.3 Å². The van der Waals surface area contributed by atoms with E-state index >= 15 is 0 Å². The minimum absolute atomic E-state index is 0.109. The molecule has 1 unspecified atom stereocenters. The molecule has 1 aliphatic heterocycles. The molecule has 1 aromatic rings. The molecule has 25 heavy (non-hydrogen) atoms. The molecule has 0 radical (unpaired) electrons. The molecule has 1 atom stereocenters. The number of aliphatic imine (C=N–C) groups is 1. The van der Waals surface area contributed by atoms with Gasteiger partial charge in [-0.3, -0.25) is 0 Å². The van der Waals surface area contributed by atoms with Crippen LogP contribution in [0.2, 0.25) is 0 Å². The van der Waals surface area contributed by atoms with Crippen LogP contribution in [0.15, 0.2) is 21.6 Å². The number of halogens is 1. The molecule has 2 rings (SSSR count). The largest absolute Gasteiger partial charge is 0.493 e. The van der Waals surface area contributed by atoms with E-state index in [2.05, 4.69) is 45.4 Å². The summed E-state index contributed by atoms with van der Waals surface area (Å²) >= 11 is 3.52. The first-order valence-electron chi connectivity index (χ1n) is 8.58. The molecule has 0 amide bonds. The third-order valence-electron chi connectivity index (χ3n) is 4.19. The van der Waals surface area contributed by atoms with Gasteiger partial charge in [0.25, 0.3) is 0 Å². The molecule has 1 heterocycles. The Bertz CT molecular complexity index is 601. The molecule has 1 aliphatic rings. The average Bonchev–Trinajstić information content (AvgIpc) is 3.03. The van der Waals surface area contributed by atoms with Gasteiger partial charge in [0.2, 0.25) is 0 Å². The summed E-state index contributed by atoms with van der Waals surface area (Å²) in [5.41, 5.74) is 0.924. The number of nitrogens with one attached hydrogen (secondary N) is 2. The highest BCUT2D eigenvalue weighted by Crippen LogP contribution is 2.36. The summed E-state index contributed by atoms with van der Waals surface area (Å²) in [5.74, 6) is 2.16. The van der Waals surface area contributed by atoms with Gasteiger partial charge in [-0.1, -0.05) is 0 Å². The maximum atomic E-state index is 5.82. The van der Waals surface area contributed by atoms with E-state index in [0.717, 1.165) is 48.5 Å². The minimum Gasteiger partial charge on any atom is -0.493 e. The normalized spacial score (nSPS) is 20.4.